The third kappa shape index (κ3) is 3.88. The van der Waals surface area contributed by atoms with Gasteiger partial charge in [-0.2, -0.15) is 5.10 Å². The van der Waals surface area contributed by atoms with Crippen molar-refractivity contribution >= 4 is 45.0 Å². The normalized spacial score (nSPS) is 15.2. The second-order valence-corrected chi connectivity index (χ2v) is 6.93. The van der Waals surface area contributed by atoms with E-state index >= 15 is 0 Å². The lowest BCUT2D eigenvalue weighted by atomic mass is 10.2. The molecule has 1 aromatic carbocycles. The molecule has 1 aromatic heterocycles. The highest BCUT2D eigenvalue weighted by Crippen LogP contribution is 2.28. The van der Waals surface area contributed by atoms with Crippen LogP contribution in [0.1, 0.15) is 30.8 Å². The number of aromatic nitrogens is 1. The first-order valence-corrected chi connectivity index (χ1v) is 8.91. The topological polar surface area (TPSA) is 101 Å². The molecule has 0 spiro atoms. The van der Waals surface area contributed by atoms with E-state index in [9.17, 15) is 14.4 Å². The average molecular weight is 374 g/mol. The van der Waals surface area contributed by atoms with E-state index in [4.69, 9.17) is 4.74 Å². The second kappa shape index (κ2) is 7.61. The van der Waals surface area contributed by atoms with E-state index in [0.717, 1.165) is 15.2 Å². The zero-order valence-electron chi connectivity index (χ0n) is 14.4. The van der Waals surface area contributed by atoms with Gasteiger partial charge in [-0.1, -0.05) is 12.1 Å². The number of hydrogen-bond donors (Lipinski definition) is 1. The predicted octanol–water partition coefficient (Wildman–Crippen LogP) is 1.62. The van der Waals surface area contributed by atoms with E-state index in [1.54, 1.807) is 7.05 Å². The molecule has 0 unspecified atom stereocenters. The number of hydrazone groups is 1. The summed E-state index contributed by atoms with van der Waals surface area (Å²) in [5.74, 6) is -1.29. The zero-order chi connectivity index (χ0) is 18.7. The molecule has 2 heterocycles. The molecule has 0 saturated heterocycles. The van der Waals surface area contributed by atoms with E-state index in [1.165, 1.54) is 16.2 Å². The molecular weight excluding hydrogens is 356 g/mol. The summed E-state index contributed by atoms with van der Waals surface area (Å²) >= 11 is 1.53. The number of esters is 1. The van der Waals surface area contributed by atoms with Crippen molar-refractivity contribution in [1.82, 2.24) is 15.3 Å². The Morgan fingerprint density at radius 1 is 1.35 bits per heavy atom. The molecule has 2 aromatic rings. The Bertz CT molecular complexity index is 859. The van der Waals surface area contributed by atoms with Gasteiger partial charge in [0.1, 0.15) is 10.7 Å². The largest absolute Gasteiger partial charge is 0.451 e. The maximum Gasteiger partial charge on any atom is 0.355 e. The van der Waals surface area contributed by atoms with Crippen molar-refractivity contribution in [2.24, 2.45) is 5.10 Å². The molecule has 9 heteroatoms. The Labute approximate surface area is 153 Å². The van der Waals surface area contributed by atoms with Gasteiger partial charge in [-0.15, -0.1) is 11.3 Å². The summed E-state index contributed by atoms with van der Waals surface area (Å²) in [4.78, 5) is 41.3. The van der Waals surface area contributed by atoms with Gasteiger partial charge in [0.25, 0.3) is 5.91 Å². The quantitative estimate of drug-likeness (QED) is 0.802. The Hall–Kier alpha value is -2.81. The van der Waals surface area contributed by atoms with Crippen molar-refractivity contribution in [2.75, 3.05) is 13.7 Å². The molecule has 1 aliphatic heterocycles. The number of benzene rings is 1. The van der Waals surface area contributed by atoms with Crippen LogP contribution in [0.15, 0.2) is 29.4 Å². The Morgan fingerprint density at radius 3 is 2.81 bits per heavy atom. The lowest BCUT2D eigenvalue weighted by Crippen LogP contribution is -2.35. The van der Waals surface area contributed by atoms with E-state index in [2.05, 4.69) is 15.5 Å². The van der Waals surface area contributed by atoms with Gasteiger partial charge in [-0.25, -0.2) is 15.2 Å². The first-order chi connectivity index (χ1) is 12.5. The van der Waals surface area contributed by atoms with Gasteiger partial charge in [-0.05, 0) is 19.1 Å². The number of fused-ring (bicyclic) bond motifs is 1. The number of carbonyl (C=O) groups is 3. The lowest BCUT2D eigenvalue weighted by Gasteiger charge is -2.23. The van der Waals surface area contributed by atoms with E-state index in [-0.39, 0.29) is 36.4 Å². The van der Waals surface area contributed by atoms with Crippen molar-refractivity contribution in [3.63, 3.8) is 0 Å². The van der Waals surface area contributed by atoms with E-state index in [0.29, 0.717) is 0 Å². The van der Waals surface area contributed by atoms with Crippen LogP contribution in [-0.2, 0) is 19.1 Å². The zero-order valence-corrected chi connectivity index (χ0v) is 15.2. The fourth-order valence-electron chi connectivity index (χ4n) is 2.38. The summed E-state index contributed by atoms with van der Waals surface area (Å²) in [5, 5.41) is 4.46. The van der Waals surface area contributed by atoms with Crippen LogP contribution in [0.25, 0.3) is 10.2 Å². The third-order valence-corrected chi connectivity index (χ3v) is 5.32. The minimum absolute atomic E-state index is 0.110. The number of para-hydroxylation sites is 1. The van der Waals surface area contributed by atoms with Gasteiger partial charge in [0, 0.05) is 19.9 Å². The number of likely N-dealkylation sites (N-methyl/N-ethyl adjacent to an activating group) is 1. The molecular formula is C17H18N4O4S. The summed E-state index contributed by atoms with van der Waals surface area (Å²) < 4.78 is 6.07. The standard InChI is InChI=1S/C17H18N4O4S/c1-10(16-18-11-5-3-4-6-13(11)26-16)21(2)15(23)9-25-17(24)12-7-8-14(22)20-19-12/h3-6,10H,7-9H2,1-2H3,(H,20,22)/t10-/m0/s1. The van der Waals surface area contributed by atoms with E-state index in [1.807, 2.05) is 31.2 Å². The van der Waals surface area contributed by atoms with Gasteiger partial charge >= 0.3 is 5.97 Å². The Kier molecular flexibility index (Phi) is 5.27. The summed E-state index contributed by atoms with van der Waals surface area (Å²) in [6.07, 6.45) is 0.382. The number of rotatable bonds is 5. The van der Waals surface area contributed by atoms with Crippen LogP contribution in [0.2, 0.25) is 0 Å². The summed E-state index contributed by atoms with van der Waals surface area (Å²) in [5.41, 5.74) is 3.22. The van der Waals surface area contributed by atoms with Crippen LogP contribution >= 0.6 is 11.3 Å². The molecule has 2 amide bonds. The average Bonchev–Trinajstić information content (AvgIpc) is 3.09. The molecule has 3 rings (SSSR count). The Balaban J connectivity index is 1.58. The van der Waals surface area contributed by atoms with Crippen LogP contribution in [0.5, 0.6) is 0 Å². The molecule has 0 aliphatic carbocycles. The van der Waals surface area contributed by atoms with Gasteiger partial charge in [0.05, 0.1) is 16.3 Å². The first kappa shape index (κ1) is 18.0. The molecule has 26 heavy (non-hydrogen) atoms. The highest BCUT2D eigenvalue weighted by Gasteiger charge is 2.24. The van der Waals surface area contributed by atoms with Crippen molar-refractivity contribution in [2.45, 2.75) is 25.8 Å². The highest BCUT2D eigenvalue weighted by atomic mass is 32.1. The summed E-state index contributed by atoms with van der Waals surface area (Å²) in [6.45, 7) is 1.48. The predicted molar refractivity (Wildman–Crippen MR) is 96.6 cm³/mol. The number of hydrogen-bond acceptors (Lipinski definition) is 7. The second-order valence-electron chi connectivity index (χ2n) is 5.87. The molecule has 1 atom stereocenters. The molecule has 1 aliphatic rings. The minimum atomic E-state index is -0.695. The highest BCUT2D eigenvalue weighted by molar-refractivity contribution is 7.18. The first-order valence-electron chi connectivity index (χ1n) is 8.09. The molecule has 0 saturated carbocycles. The Morgan fingerprint density at radius 2 is 2.12 bits per heavy atom. The van der Waals surface area contributed by atoms with Crippen LogP contribution in [0, 0.1) is 0 Å². The van der Waals surface area contributed by atoms with E-state index < -0.39 is 12.6 Å². The fraction of sp³-hybridized carbons (Fsp3) is 0.353. The summed E-state index contributed by atoms with van der Waals surface area (Å²) in [7, 11) is 1.64. The fourth-order valence-corrected chi connectivity index (χ4v) is 3.45. The van der Waals surface area contributed by atoms with Crippen LogP contribution in [0.3, 0.4) is 0 Å². The van der Waals surface area contributed by atoms with Crippen molar-refractivity contribution in [3.05, 3.63) is 29.3 Å². The van der Waals surface area contributed by atoms with Crippen molar-refractivity contribution < 1.29 is 19.1 Å². The molecule has 0 bridgehead atoms. The number of thiazole rings is 1. The smallest absolute Gasteiger partial charge is 0.355 e. The van der Waals surface area contributed by atoms with Crippen molar-refractivity contribution in [3.8, 4) is 0 Å². The maximum absolute atomic E-state index is 12.3. The van der Waals surface area contributed by atoms with Crippen molar-refractivity contribution in [1.29, 1.82) is 0 Å². The third-order valence-electron chi connectivity index (χ3n) is 4.11. The number of nitrogens with one attached hydrogen (secondary N) is 1. The number of carbonyl (C=O) groups excluding carboxylic acids is 3. The van der Waals surface area contributed by atoms with Crippen LogP contribution < -0.4 is 5.43 Å². The minimum Gasteiger partial charge on any atom is -0.451 e. The number of amides is 2. The molecule has 1 N–H and O–H groups in total. The monoisotopic (exact) mass is 374 g/mol. The molecule has 8 nitrogen and oxygen atoms in total. The SMILES string of the molecule is C[C@@H](c1nc2ccccc2s1)N(C)C(=O)COC(=O)C1=NNC(=O)CC1. The van der Waals surface area contributed by atoms with Gasteiger partial charge < -0.3 is 9.64 Å². The van der Waals surface area contributed by atoms with Gasteiger partial charge in [0.2, 0.25) is 5.91 Å². The van der Waals surface area contributed by atoms with Gasteiger partial charge in [-0.3, -0.25) is 9.59 Å². The molecule has 0 fully saturated rings. The van der Waals surface area contributed by atoms with Crippen LogP contribution in [0.4, 0.5) is 0 Å². The lowest BCUT2D eigenvalue weighted by molar-refractivity contribution is -0.147. The number of ether oxygens (including phenoxy) is 1. The van der Waals surface area contributed by atoms with Crippen LogP contribution in [-0.4, -0.2) is 47.0 Å². The number of nitrogens with zero attached hydrogens (tertiary/aromatic N) is 3. The summed E-state index contributed by atoms with van der Waals surface area (Å²) in [6, 6.07) is 7.53. The molecule has 0 radical (unpaired) electrons. The maximum atomic E-state index is 12.3. The van der Waals surface area contributed by atoms with Gasteiger partial charge in [0.15, 0.2) is 6.61 Å². The molecule has 136 valence electrons.